The Morgan fingerprint density at radius 3 is 2.64 bits per heavy atom. The Bertz CT molecular complexity index is 790. The van der Waals surface area contributed by atoms with Gasteiger partial charge in [0, 0.05) is 19.2 Å². The second kappa shape index (κ2) is 8.37. The second-order valence-electron chi connectivity index (χ2n) is 5.69. The number of hydrogen-bond donors (Lipinski definition) is 1. The van der Waals surface area contributed by atoms with Crippen molar-refractivity contribution in [3.05, 3.63) is 59.2 Å². The Balaban J connectivity index is 2.13. The molecule has 0 bridgehead atoms. The summed E-state index contributed by atoms with van der Waals surface area (Å²) in [6.07, 6.45) is 1.54. The summed E-state index contributed by atoms with van der Waals surface area (Å²) in [5.41, 5.74) is 1.28. The maximum Gasteiger partial charge on any atom is 0.182 e. The number of Topliss-reactive ketones (excluding diaryl/α,β-unsaturated/α-hetero) is 1. The van der Waals surface area contributed by atoms with Crippen molar-refractivity contribution >= 4 is 23.5 Å². The summed E-state index contributed by atoms with van der Waals surface area (Å²) in [7, 11) is 1.83. The van der Waals surface area contributed by atoms with Crippen LogP contribution in [0.2, 0.25) is 0 Å². The van der Waals surface area contributed by atoms with Crippen molar-refractivity contribution in [1.29, 1.82) is 0 Å². The van der Waals surface area contributed by atoms with E-state index in [-0.39, 0.29) is 29.3 Å². The number of benzene rings is 2. The van der Waals surface area contributed by atoms with Crippen LogP contribution in [-0.4, -0.2) is 37.2 Å². The Morgan fingerprint density at radius 1 is 1.24 bits per heavy atom. The lowest BCUT2D eigenvalue weighted by Gasteiger charge is -2.11. The molecule has 2 rings (SSSR count). The van der Waals surface area contributed by atoms with Gasteiger partial charge >= 0.3 is 0 Å². The molecule has 0 saturated heterocycles. The summed E-state index contributed by atoms with van der Waals surface area (Å²) in [5.74, 6) is -1.33. The first-order chi connectivity index (χ1) is 11.9. The largest absolute Gasteiger partial charge is 0.375 e. The van der Waals surface area contributed by atoms with Gasteiger partial charge in [0.2, 0.25) is 0 Å². The molecule has 2 aromatic carbocycles. The smallest absolute Gasteiger partial charge is 0.182 e. The van der Waals surface area contributed by atoms with E-state index in [4.69, 9.17) is 0 Å². The van der Waals surface area contributed by atoms with Crippen molar-refractivity contribution in [2.45, 2.75) is 13.8 Å². The first-order valence-corrected chi connectivity index (χ1v) is 7.98. The molecule has 0 radical (unpaired) electrons. The fourth-order valence-corrected chi connectivity index (χ4v) is 2.18. The number of nitrogens with one attached hydrogen (secondary N) is 1. The Labute approximate surface area is 146 Å². The zero-order valence-corrected chi connectivity index (χ0v) is 14.5. The summed E-state index contributed by atoms with van der Waals surface area (Å²) in [4.78, 5) is 18.2. The van der Waals surface area contributed by atoms with E-state index in [0.717, 1.165) is 6.54 Å². The van der Waals surface area contributed by atoms with Gasteiger partial charge in [-0.25, -0.2) is 13.8 Å². The molecule has 1 N–H and O–H groups in total. The van der Waals surface area contributed by atoms with E-state index < -0.39 is 11.6 Å². The molecule has 132 valence electrons. The number of aliphatic imine (C=N–C) groups is 1. The van der Waals surface area contributed by atoms with Gasteiger partial charge < -0.3 is 10.2 Å². The van der Waals surface area contributed by atoms with Crippen molar-refractivity contribution in [3.8, 4) is 0 Å². The van der Waals surface area contributed by atoms with E-state index in [1.807, 2.05) is 18.9 Å². The second-order valence-corrected chi connectivity index (χ2v) is 5.69. The highest BCUT2D eigenvalue weighted by atomic mass is 19.1. The number of rotatable bonds is 7. The van der Waals surface area contributed by atoms with Crippen LogP contribution in [0.5, 0.6) is 0 Å². The molecule has 0 spiro atoms. The van der Waals surface area contributed by atoms with Gasteiger partial charge in [0.1, 0.15) is 17.3 Å². The third kappa shape index (κ3) is 4.86. The van der Waals surface area contributed by atoms with E-state index in [9.17, 15) is 13.6 Å². The van der Waals surface area contributed by atoms with E-state index in [0.29, 0.717) is 5.56 Å². The van der Waals surface area contributed by atoms with Crippen LogP contribution in [0.3, 0.4) is 0 Å². The first-order valence-electron chi connectivity index (χ1n) is 7.98. The molecule has 0 aliphatic rings. The Hall–Kier alpha value is -2.76. The Kier molecular flexibility index (Phi) is 6.22. The van der Waals surface area contributed by atoms with Crippen molar-refractivity contribution in [2.75, 3.05) is 25.5 Å². The molecule has 6 heteroatoms. The van der Waals surface area contributed by atoms with Gasteiger partial charge in [-0.2, -0.15) is 0 Å². The number of halogens is 2. The zero-order valence-electron chi connectivity index (χ0n) is 14.5. The maximum absolute atomic E-state index is 14.2. The maximum atomic E-state index is 14.2. The van der Waals surface area contributed by atoms with Crippen LogP contribution in [-0.2, 0) is 0 Å². The van der Waals surface area contributed by atoms with Gasteiger partial charge in [0.25, 0.3) is 0 Å². The van der Waals surface area contributed by atoms with E-state index in [2.05, 4.69) is 10.3 Å². The fraction of sp³-hybridized carbons (Fsp3) is 0.263. The monoisotopic (exact) mass is 345 g/mol. The first kappa shape index (κ1) is 18.6. The van der Waals surface area contributed by atoms with Gasteiger partial charge in [-0.1, -0.05) is 12.1 Å². The third-order valence-electron chi connectivity index (χ3n) is 3.80. The lowest BCUT2D eigenvalue weighted by Crippen LogP contribution is -2.16. The summed E-state index contributed by atoms with van der Waals surface area (Å²) in [5, 5.41) is 2.74. The minimum absolute atomic E-state index is 0.123. The van der Waals surface area contributed by atoms with Crippen LogP contribution < -0.4 is 5.32 Å². The molecule has 0 unspecified atom stereocenters. The molecule has 0 saturated carbocycles. The standard InChI is InChI=1S/C19H21F2N3O/c1-4-24(3)12-23-18-9-13(2)14(10-16(18)21)19(25)11-22-17-8-6-5-7-15(17)20/h5-10,12,22H,4,11H2,1-3H3. The summed E-state index contributed by atoms with van der Waals surface area (Å²) < 4.78 is 27.8. The number of anilines is 1. The third-order valence-corrected chi connectivity index (χ3v) is 3.80. The average molecular weight is 345 g/mol. The molecule has 0 aliphatic carbocycles. The predicted molar refractivity (Wildman–Crippen MR) is 96.8 cm³/mol. The number of ketones is 1. The number of hydrogen-bond acceptors (Lipinski definition) is 3. The van der Waals surface area contributed by atoms with Gasteiger partial charge in [-0.05, 0) is 43.7 Å². The van der Waals surface area contributed by atoms with Crippen molar-refractivity contribution in [1.82, 2.24) is 4.90 Å². The average Bonchev–Trinajstić information content (AvgIpc) is 2.60. The Morgan fingerprint density at radius 2 is 1.96 bits per heavy atom. The lowest BCUT2D eigenvalue weighted by atomic mass is 10.0. The summed E-state index contributed by atoms with van der Waals surface area (Å²) in [6.45, 7) is 4.31. The highest BCUT2D eigenvalue weighted by Gasteiger charge is 2.14. The molecule has 0 amide bonds. The predicted octanol–water partition coefficient (Wildman–Crippen LogP) is 4.18. The summed E-state index contributed by atoms with van der Waals surface area (Å²) in [6, 6.07) is 8.79. The molecule has 4 nitrogen and oxygen atoms in total. The van der Waals surface area contributed by atoms with Gasteiger partial charge in [0.05, 0.1) is 18.6 Å². The zero-order chi connectivity index (χ0) is 18.4. The highest BCUT2D eigenvalue weighted by molar-refractivity contribution is 6.00. The van der Waals surface area contributed by atoms with Crippen LogP contribution in [0.4, 0.5) is 20.2 Å². The molecular weight excluding hydrogens is 324 g/mol. The molecule has 0 aliphatic heterocycles. The minimum atomic E-state index is -0.569. The van der Waals surface area contributed by atoms with Crippen LogP contribution in [0, 0.1) is 18.6 Å². The topological polar surface area (TPSA) is 44.7 Å². The minimum Gasteiger partial charge on any atom is -0.375 e. The van der Waals surface area contributed by atoms with Gasteiger partial charge in [-0.3, -0.25) is 4.79 Å². The molecule has 25 heavy (non-hydrogen) atoms. The SMILES string of the molecule is CCN(C)C=Nc1cc(C)c(C(=O)CNc2ccccc2F)cc1F. The van der Waals surface area contributed by atoms with E-state index in [1.54, 1.807) is 25.4 Å². The molecule has 0 fully saturated rings. The number of aryl methyl sites for hydroxylation is 1. The van der Waals surface area contributed by atoms with Crippen LogP contribution in [0.1, 0.15) is 22.8 Å². The van der Waals surface area contributed by atoms with Crippen molar-refractivity contribution in [3.63, 3.8) is 0 Å². The lowest BCUT2D eigenvalue weighted by molar-refractivity contribution is 0.100. The van der Waals surface area contributed by atoms with Crippen LogP contribution >= 0.6 is 0 Å². The molecule has 2 aromatic rings. The van der Waals surface area contributed by atoms with Crippen molar-refractivity contribution in [2.24, 2.45) is 4.99 Å². The van der Waals surface area contributed by atoms with E-state index >= 15 is 0 Å². The molecule has 0 heterocycles. The van der Waals surface area contributed by atoms with Crippen LogP contribution in [0.15, 0.2) is 41.4 Å². The number of carbonyl (C=O) groups excluding carboxylic acids is 1. The van der Waals surface area contributed by atoms with Gasteiger partial charge in [0.15, 0.2) is 5.78 Å². The fourth-order valence-electron chi connectivity index (χ4n) is 2.18. The van der Waals surface area contributed by atoms with Crippen LogP contribution in [0.25, 0.3) is 0 Å². The molecular formula is C19H21F2N3O. The number of carbonyl (C=O) groups is 1. The van der Waals surface area contributed by atoms with Crippen molar-refractivity contribution < 1.29 is 13.6 Å². The highest BCUT2D eigenvalue weighted by Crippen LogP contribution is 2.23. The number of nitrogens with zero attached hydrogens (tertiary/aromatic N) is 2. The number of para-hydroxylation sites is 1. The summed E-state index contributed by atoms with van der Waals surface area (Å²) >= 11 is 0. The van der Waals surface area contributed by atoms with Gasteiger partial charge in [-0.15, -0.1) is 0 Å². The normalized spacial score (nSPS) is 10.9. The quantitative estimate of drug-likeness (QED) is 0.465. The van der Waals surface area contributed by atoms with E-state index in [1.165, 1.54) is 24.3 Å². The molecule has 0 aromatic heterocycles. The molecule has 0 atom stereocenters.